The molecule has 3 saturated carbocycles. The van der Waals surface area contributed by atoms with Gasteiger partial charge < -0.3 is 10.5 Å². The fraction of sp³-hybridized carbons (Fsp3) is 0.750. The van der Waals surface area contributed by atoms with E-state index < -0.39 is 0 Å². The molecule has 1 aromatic carbocycles. The lowest BCUT2D eigenvalue weighted by Crippen LogP contribution is -2.51. The molecule has 2 N–H and O–H groups in total. The molecule has 0 spiro atoms. The van der Waals surface area contributed by atoms with Crippen molar-refractivity contribution < 1.29 is 9.53 Å². The Morgan fingerprint density at radius 1 is 0.949 bits per heavy atom. The van der Waals surface area contributed by atoms with Gasteiger partial charge in [0.25, 0.3) is 6.47 Å². The van der Waals surface area contributed by atoms with Gasteiger partial charge in [-0.25, -0.2) is 0 Å². The van der Waals surface area contributed by atoms with Crippen LogP contribution < -0.4 is 5.73 Å². The lowest BCUT2D eigenvalue weighted by molar-refractivity contribution is -0.136. The molecular weight excluding hydrogens is 478 g/mol. The van der Waals surface area contributed by atoms with Gasteiger partial charge >= 0.3 is 0 Å². The minimum atomic E-state index is 0.111. The predicted octanol–water partition coefficient (Wildman–Crippen LogP) is 8.87. The van der Waals surface area contributed by atoms with E-state index in [1.54, 1.807) is 5.57 Å². The van der Waals surface area contributed by atoms with Gasteiger partial charge in [0.1, 0.15) is 6.10 Å². The molecule has 39 heavy (non-hydrogen) atoms. The number of carbonyl (C=O) groups is 1. The molecular formula is C36H57NO2. The lowest BCUT2D eigenvalue weighted by Gasteiger charge is -2.58. The van der Waals surface area contributed by atoms with Crippen LogP contribution >= 0.6 is 0 Å². The second kappa shape index (κ2) is 12.5. The van der Waals surface area contributed by atoms with E-state index in [0.29, 0.717) is 23.3 Å². The number of allylic oxidation sites excluding steroid dienone is 1. The molecule has 0 heterocycles. The van der Waals surface area contributed by atoms with Crippen molar-refractivity contribution in [2.24, 2.45) is 46.2 Å². The van der Waals surface area contributed by atoms with Crippen molar-refractivity contribution in [2.75, 3.05) is 0 Å². The van der Waals surface area contributed by atoms with E-state index in [2.05, 4.69) is 72.7 Å². The molecule has 0 saturated heterocycles. The largest absolute Gasteiger partial charge is 0.464 e. The van der Waals surface area contributed by atoms with Crippen LogP contribution in [-0.2, 0) is 9.53 Å². The highest BCUT2D eigenvalue weighted by Gasteiger charge is 2.59. The molecule has 9 unspecified atom stereocenters. The number of hydrogen-bond donors (Lipinski definition) is 1. The number of fused-ring (bicyclic) bond motifs is 5. The van der Waals surface area contributed by atoms with E-state index in [-0.39, 0.29) is 6.10 Å². The minimum Gasteiger partial charge on any atom is -0.464 e. The van der Waals surface area contributed by atoms with E-state index in [9.17, 15) is 4.79 Å². The smallest absolute Gasteiger partial charge is 0.293 e. The predicted molar refractivity (Wildman–Crippen MR) is 163 cm³/mol. The number of carbonyl (C=O) groups excluding carboxylic acids is 1. The quantitative estimate of drug-likeness (QED) is 0.280. The molecule has 4 aliphatic carbocycles. The highest BCUT2D eigenvalue weighted by molar-refractivity contribution is 5.38. The van der Waals surface area contributed by atoms with Crippen LogP contribution in [0.4, 0.5) is 0 Å². The molecule has 3 nitrogen and oxygen atoms in total. The Hall–Kier alpha value is -1.61. The Kier molecular flexibility index (Phi) is 9.73. The summed E-state index contributed by atoms with van der Waals surface area (Å²) in [5.41, 5.74) is 12.5. The van der Waals surface area contributed by atoms with Crippen molar-refractivity contribution in [2.45, 2.75) is 131 Å². The maximum absolute atomic E-state index is 10.8. The molecule has 0 aromatic heterocycles. The van der Waals surface area contributed by atoms with Crippen LogP contribution in [0, 0.1) is 61.2 Å². The number of nitrogens with two attached hydrogens (primary N) is 1. The average molecular weight is 536 g/mol. The third-order valence-corrected chi connectivity index (χ3v) is 11.8. The van der Waals surface area contributed by atoms with Crippen LogP contribution in [0.25, 0.3) is 0 Å². The minimum absolute atomic E-state index is 0.111. The molecule has 0 aliphatic heterocycles. The average Bonchev–Trinajstić information content (AvgIpc) is 3.21. The highest BCUT2D eigenvalue weighted by Crippen LogP contribution is 2.67. The zero-order valence-electron chi connectivity index (χ0n) is 26.1. The Bertz CT molecular complexity index is 963. The first-order valence-corrected chi connectivity index (χ1v) is 16.1. The van der Waals surface area contributed by atoms with Crippen molar-refractivity contribution >= 4 is 6.47 Å². The number of aryl methyl sites for hydroxylation is 3. The molecule has 0 radical (unpaired) electrons. The second-order valence-electron chi connectivity index (χ2n) is 14.6. The fourth-order valence-electron chi connectivity index (χ4n) is 9.96. The summed E-state index contributed by atoms with van der Waals surface area (Å²) in [5.74, 6) is 4.32. The standard InChI is InChI=1S/C27H45NO2.C9H12/c1-18(6-5-7-19(2)28)23-10-11-24-22-9-8-20-16-21(30-17-29)12-14-26(20,3)25(22)13-15-27(23,24)4;1-7-4-8(2)6-9(3)5-7/h8,17-19,21-25H,5-7,9-16,28H2,1-4H3;4-6H,1-3H3. The molecule has 4 aliphatic rings. The molecule has 218 valence electrons. The van der Waals surface area contributed by atoms with Crippen LogP contribution in [0.3, 0.4) is 0 Å². The topological polar surface area (TPSA) is 52.3 Å². The number of ether oxygens (including phenoxy) is 1. The SMILES string of the molecule is CC(N)CCCC(C)C1CCC2C3CC=C4CC(OC=O)CCC4(C)C3CCC12C.Cc1cc(C)cc(C)c1. The van der Waals surface area contributed by atoms with Crippen LogP contribution in [0.2, 0.25) is 0 Å². The first-order valence-electron chi connectivity index (χ1n) is 16.1. The molecule has 1 aromatic rings. The monoisotopic (exact) mass is 535 g/mol. The van der Waals surface area contributed by atoms with Gasteiger partial charge in [0.2, 0.25) is 0 Å². The number of benzene rings is 1. The van der Waals surface area contributed by atoms with Gasteiger partial charge in [0, 0.05) is 12.5 Å². The van der Waals surface area contributed by atoms with Crippen molar-refractivity contribution in [1.29, 1.82) is 0 Å². The first kappa shape index (κ1) is 30.4. The van der Waals surface area contributed by atoms with Gasteiger partial charge in [0.15, 0.2) is 0 Å². The van der Waals surface area contributed by atoms with Crippen LogP contribution in [0.1, 0.15) is 115 Å². The normalized spacial score (nSPS) is 36.7. The molecule has 0 bridgehead atoms. The van der Waals surface area contributed by atoms with Crippen LogP contribution in [-0.4, -0.2) is 18.6 Å². The summed E-state index contributed by atoms with van der Waals surface area (Å²) in [7, 11) is 0. The van der Waals surface area contributed by atoms with Crippen molar-refractivity contribution in [3.63, 3.8) is 0 Å². The van der Waals surface area contributed by atoms with Gasteiger partial charge in [-0.15, -0.1) is 0 Å². The molecule has 3 heteroatoms. The molecule has 9 atom stereocenters. The molecule has 0 amide bonds. The highest BCUT2D eigenvalue weighted by atomic mass is 16.5. The summed E-state index contributed by atoms with van der Waals surface area (Å²) in [6.07, 6.45) is 16.6. The lowest BCUT2D eigenvalue weighted by atomic mass is 9.47. The van der Waals surface area contributed by atoms with E-state index in [1.165, 1.54) is 74.5 Å². The maximum atomic E-state index is 10.8. The van der Waals surface area contributed by atoms with Crippen LogP contribution in [0.15, 0.2) is 29.8 Å². The zero-order chi connectivity index (χ0) is 28.4. The van der Waals surface area contributed by atoms with Crippen molar-refractivity contribution in [1.82, 2.24) is 0 Å². The molecule has 5 rings (SSSR count). The van der Waals surface area contributed by atoms with E-state index in [1.807, 2.05) is 0 Å². The first-order chi connectivity index (χ1) is 18.5. The Morgan fingerprint density at radius 3 is 2.23 bits per heavy atom. The Balaban J connectivity index is 0.000000333. The third-order valence-electron chi connectivity index (χ3n) is 11.8. The van der Waals surface area contributed by atoms with E-state index in [0.717, 1.165) is 42.4 Å². The summed E-state index contributed by atoms with van der Waals surface area (Å²) >= 11 is 0. The van der Waals surface area contributed by atoms with E-state index in [4.69, 9.17) is 10.5 Å². The number of rotatable bonds is 7. The zero-order valence-corrected chi connectivity index (χ0v) is 26.1. The van der Waals surface area contributed by atoms with Gasteiger partial charge in [-0.1, -0.05) is 80.2 Å². The summed E-state index contributed by atoms with van der Waals surface area (Å²) in [4.78, 5) is 10.8. The molecule has 3 fully saturated rings. The summed E-state index contributed by atoms with van der Waals surface area (Å²) in [5, 5.41) is 0. The fourth-order valence-corrected chi connectivity index (χ4v) is 9.96. The van der Waals surface area contributed by atoms with Gasteiger partial charge in [-0.05, 0) is 119 Å². The Labute approximate surface area is 239 Å². The van der Waals surface area contributed by atoms with Crippen molar-refractivity contribution in [3.8, 4) is 0 Å². The third kappa shape index (κ3) is 6.50. The van der Waals surface area contributed by atoms with Crippen molar-refractivity contribution in [3.05, 3.63) is 46.5 Å². The second-order valence-corrected chi connectivity index (χ2v) is 14.6. The maximum Gasteiger partial charge on any atom is 0.293 e. The van der Waals surface area contributed by atoms with Crippen LogP contribution in [0.5, 0.6) is 0 Å². The number of hydrogen-bond acceptors (Lipinski definition) is 3. The summed E-state index contributed by atoms with van der Waals surface area (Å²) < 4.78 is 5.36. The van der Waals surface area contributed by atoms with Gasteiger partial charge in [-0.3, -0.25) is 4.79 Å². The van der Waals surface area contributed by atoms with E-state index >= 15 is 0 Å². The van der Waals surface area contributed by atoms with Gasteiger partial charge in [0.05, 0.1) is 0 Å². The summed E-state index contributed by atoms with van der Waals surface area (Å²) in [6.45, 7) is 16.9. The summed E-state index contributed by atoms with van der Waals surface area (Å²) in [6, 6.07) is 6.91. The van der Waals surface area contributed by atoms with Gasteiger partial charge in [-0.2, -0.15) is 0 Å². The Morgan fingerprint density at radius 2 is 1.62 bits per heavy atom.